The van der Waals surface area contributed by atoms with Gasteiger partial charge in [-0.2, -0.15) is 0 Å². The number of rotatable bonds is 3. The van der Waals surface area contributed by atoms with Crippen molar-refractivity contribution in [2.45, 2.75) is 13.5 Å². The second-order valence-electron chi connectivity index (χ2n) is 3.36. The number of thiophene rings is 1. The second kappa shape index (κ2) is 4.93. The van der Waals surface area contributed by atoms with E-state index in [9.17, 15) is 4.39 Å². The summed E-state index contributed by atoms with van der Waals surface area (Å²) in [5.74, 6) is -0.0559. The minimum atomic E-state index is -0.344. The van der Waals surface area contributed by atoms with Gasteiger partial charge in [-0.25, -0.2) is 9.37 Å². The molecule has 0 aliphatic rings. The maximum atomic E-state index is 13.4. The van der Waals surface area contributed by atoms with E-state index in [2.05, 4.69) is 26.2 Å². The maximum absolute atomic E-state index is 13.4. The summed E-state index contributed by atoms with van der Waals surface area (Å²) in [7, 11) is 0. The second-order valence-corrected chi connectivity index (χ2v) is 5.28. The van der Waals surface area contributed by atoms with E-state index in [4.69, 9.17) is 0 Å². The van der Waals surface area contributed by atoms with E-state index in [0.717, 1.165) is 0 Å². The molecule has 84 valence electrons. The minimum absolute atomic E-state index is 0.288. The third kappa shape index (κ3) is 2.59. The van der Waals surface area contributed by atoms with Crippen LogP contribution in [-0.4, -0.2) is 4.98 Å². The Bertz CT molecular complexity index is 498. The summed E-state index contributed by atoms with van der Waals surface area (Å²) < 4.78 is 14.1. The van der Waals surface area contributed by atoms with Gasteiger partial charge in [0.2, 0.25) is 0 Å². The van der Waals surface area contributed by atoms with Gasteiger partial charge in [0.1, 0.15) is 0 Å². The van der Waals surface area contributed by atoms with Crippen LogP contribution in [0.1, 0.15) is 10.4 Å². The minimum Gasteiger partial charge on any atom is -0.363 e. The van der Waals surface area contributed by atoms with E-state index < -0.39 is 0 Å². The predicted molar refractivity (Wildman–Crippen MR) is 68.3 cm³/mol. The van der Waals surface area contributed by atoms with E-state index in [1.807, 2.05) is 18.4 Å². The number of pyridine rings is 1. The number of nitrogens with one attached hydrogen (secondary N) is 1. The molecule has 0 saturated carbocycles. The number of aryl methyl sites for hydroxylation is 1. The molecule has 2 heterocycles. The van der Waals surface area contributed by atoms with Crippen LogP contribution in [0.5, 0.6) is 0 Å². The molecule has 0 saturated heterocycles. The monoisotopic (exact) mass is 300 g/mol. The first-order chi connectivity index (χ1) is 7.66. The molecule has 0 radical (unpaired) electrons. The van der Waals surface area contributed by atoms with Crippen LogP contribution in [0.4, 0.5) is 10.2 Å². The summed E-state index contributed by atoms with van der Waals surface area (Å²) in [6.45, 7) is 2.65. The fraction of sp³-hybridized carbons (Fsp3) is 0.182. The fourth-order valence-corrected chi connectivity index (χ4v) is 2.44. The van der Waals surface area contributed by atoms with Crippen molar-refractivity contribution in [2.75, 3.05) is 5.32 Å². The molecule has 0 amide bonds. The maximum Gasteiger partial charge on any atom is 0.166 e. The molecule has 0 atom stereocenters. The van der Waals surface area contributed by atoms with Crippen LogP contribution in [0.3, 0.4) is 0 Å². The average molecular weight is 301 g/mol. The van der Waals surface area contributed by atoms with Gasteiger partial charge in [0.25, 0.3) is 0 Å². The van der Waals surface area contributed by atoms with Gasteiger partial charge < -0.3 is 5.32 Å². The highest BCUT2D eigenvalue weighted by molar-refractivity contribution is 9.10. The molecule has 0 unspecified atom stereocenters. The lowest BCUT2D eigenvalue weighted by Gasteiger charge is -2.06. The van der Waals surface area contributed by atoms with E-state index in [1.54, 1.807) is 17.5 Å². The van der Waals surface area contributed by atoms with Crippen LogP contribution in [0.2, 0.25) is 0 Å². The highest BCUT2D eigenvalue weighted by Gasteiger charge is 2.05. The van der Waals surface area contributed by atoms with Crippen LogP contribution in [0.15, 0.2) is 28.2 Å². The molecule has 0 fully saturated rings. The number of nitrogens with zero attached hydrogens (tertiary/aromatic N) is 1. The van der Waals surface area contributed by atoms with Gasteiger partial charge in [-0.3, -0.25) is 0 Å². The molecule has 0 bridgehead atoms. The Morgan fingerprint density at radius 3 is 3.00 bits per heavy atom. The smallest absolute Gasteiger partial charge is 0.166 e. The lowest BCUT2D eigenvalue weighted by Crippen LogP contribution is -2.03. The topological polar surface area (TPSA) is 24.9 Å². The predicted octanol–water partition coefficient (Wildman–Crippen LogP) is 3.97. The van der Waals surface area contributed by atoms with Crippen molar-refractivity contribution in [3.63, 3.8) is 0 Å². The van der Waals surface area contributed by atoms with Crippen LogP contribution in [0.25, 0.3) is 0 Å². The third-order valence-corrected chi connectivity index (χ3v) is 3.65. The Morgan fingerprint density at radius 1 is 1.56 bits per heavy atom. The summed E-state index contributed by atoms with van der Waals surface area (Å²) in [5, 5.41) is 5.01. The molecular weight excluding hydrogens is 291 g/mol. The molecule has 2 nitrogen and oxygen atoms in total. The normalized spacial score (nSPS) is 10.4. The van der Waals surface area contributed by atoms with Gasteiger partial charge in [0, 0.05) is 15.5 Å². The van der Waals surface area contributed by atoms with E-state index in [1.165, 1.54) is 16.5 Å². The molecule has 1 N–H and O–H groups in total. The molecule has 2 rings (SSSR count). The number of hydrogen-bond acceptors (Lipinski definition) is 3. The quantitative estimate of drug-likeness (QED) is 0.928. The zero-order valence-electron chi connectivity index (χ0n) is 8.63. The summed E-state index contributed by atoms with van der Waals surface area (Å²) in [6, 6.07) is 3.45. The van der Waals surface area contributed by atoms with E-state index >= 15 is 0 Å². The summed E-state index contributed by atoms with van der Waals surface area (Å²) >= 11 is 4.83. The third-order valence-electron chi connectivity index (χ3n) is 2.19. The zero-order valence-corrected chi connectivity index (χ0v) is 11.0. The van der Waals surface area contributed by atoms with Crippen LogP contribution in [0, 0.1) is 12.7 Å². The Balaban J connectivity index is 2.08. The molecular formula is C11H10BrFN2S. The van der Waals surface area contributed by atoms with Crippen molar-refractivity contribution in [3.8, 4) is 0 Å². The highest BCUT2D eigenvalue weighted by atomic mass is 79.9. The van der Waals surface area contributed by atoms with Gasteiger partial charge in [-0.05, 0) is 45.9 Å². The Kier molecular flexibility index (Phi) is 3.56. The first-order valence-electron chi connectivity index (χ1n) is 4.74. The lowest BCUT2D eigenvalue weighted by molar-refractivity contribution is 0.623. The first kappa shape index (κ1) is 11.5. The number of hydrogen-bond donors (Lipinski definition) is 1. The first-order valence-corrected chi connectivity index (χ1v) is 6.42. The SMILES string of the molecule is Cc1ccsc1CNc1ncc(Br)cc1F. The van der Waals surface area contributed by atoms with Gasteiger partial charge in [-0.15, -0.1) is 11.3 Å². The van der Waals surface area contributed by atoms with E-state index in [-0.39, 0.29) is 11.6 Å². The Labute approximate surface area is 106 Å². The van der Waals surface area contributed by atoms with Gasteiger partial charge >= 0.3 is 0 Å². The standard InChI is InChI=1S/C11H10BrFN2S/c1-7-2-3-16-10(7)6-15-11-9(13)4-8(12)5-14-11/h2-5H,6H2,1H3,(H,14,15). The summed E-state index contributed by atoms with van der Waals surface area (Å²) in [6.07, 6.45) is 1.58. The lowest BCUT2D eigenvalue weighted by atomic mass is 10.3. The van der Waals surface area contributed by atoms with Gasteiger partial charge in [-0.1, -0.05) is 0 Å². The van der Waals surface area contributed by atoms with Crippen LogP contribution < -0.4 is 5.32 Å². The molecule has 16 heavy (non-hydrogen) atoms. The van der Waals surface area contributed by atoms with Crippen molar-refractivity contribution in [2.24, 2.45) is 0 Å². The molecule has 0 spiro atoms. The fourth-order valence-electron chi connectivity index (χ4n) is 1.29. The van der Waals surface area contributed by atoms with Crippen LogP contribution in [-0.2, 0) is 6.54 Å². The van der Waals surface area contributed by atoms with Crippen molar-refractivity contribution < 1.29 is 4.39 Å². The van der Waals surface area contributed by atoms with Crippen LogP contribution >= 0.6 is 27.3 Å². The van der Waals surface area contributed by atoms with Gasteiger partial charge in [0.05, 0.1) is 6.54 Å². The molecule has 0 aliphatic carbocycles. The molecule has 2 aromatic rings. The van der Waals surface area contributed by atoms with E-state index in [0.29, 0.717) is 11.0 Å². The highest BCUT2D eigenvalue weighted by Crippen LogP contribution is 2.19. The Morgan fingerprint density at radius 2 is 2.38 bits per heavy atom. The molecule has 0 aromatic carbocycles. The summed E-state index contributed by atoms with van der Waals surface area (Å²) in [5.41, 5.74) is 1.22. The van der Waals surface area contributed by atoms with Crippen molar-refractivity contribution in [1.82, 2.24) is 4.98 Å². The molecule has 2 aromatic heterocycles. The zero-order chi connectivity index (χ0) is 11.5. The molecule has 5 heteroatoms. The average Bonchev–Trinajstić information content (AvgIpc) is 2.63. The number of anilines is 1. The largest absolute Gasteiger partial charge is 0.363 e. The molecule has 0 aliphatic heterocycles. The number of halogens is 2. The van der Waals surface area contributed by atoms with Crippen molar-refractivity contribution in [3.05, 3.63) is 44.4 Å². The summed E-state index contributed by atoms with van der Waals surface area (Å²) in [4.78, 5) is 5.18. The Hall–Kier alpha value is -0.940. The van der Waals surface area contributed by atoms with Gasteiger partial charge in [0.15, 0.2) is 11.6 Å². The van der Waals surface area contributed by atoms with Crippen molar-refractivity contribution in [1.29, 1.82) is 0 Å². The van der Waals surface area contributed by atoms with Crippen molar-refractivity contribution >= 4 is 33.1 Å². The number of aromatic nitrogens is 1.